The monoisotopic (exact) mass is 232 g/mol. The largest absolute Gasteiger partial charge is 0.495 e. The number of benzene rings is 1. The van der Waals surface area contributed by atoms with Crippen LogP contribution in [-0.2, 0) is 6.42 Å². The summed E-state index contributed by atoms with van der Waals surface area (Å²) in [5.41, 5.74) is 3.97. The Bertz CT molecular complexity index is 411. The number of nitrogens with zero attached hydrogens (tertiary/aromatic N) is 1. The third kappa shape index (κ3) is 1.94. The molecule has 1 aromatic carbocycles. The lowest BCUT2D eigenvalue weighted by Gasteiger charge is -2.25. The van der Waals surface area contributed by atoms with Crippen LogP contribution in [0.1, 0.15) is 24.8 Å². The van der Waals surface area contributed by atoms with Crippen LogP contribution in [0.25, 0.3) is 0 Å². The number of rotatable bonds is 2. The molecule has 3 heteroatoms. The van der Waals surface area contributed by atoms with Gasteiger partial charge in [-0.2, -0.15) is 0 Å². The van der Waals surface area contributed by atoms with E-state index in [1.54, 1.807) is 7.11 Å². The Labute approximate surface area is 103 Å². The summed E-state index contributed by atoms with van der Waals surface area (Å²) in [5, 5.41) is 3.50. The number of aryl methyl sites for hydroxylation is 1. The number of nitrogens with one attached hydrogen (secondary N) is 1. The molecule has 3 nitrogen and oxygen atoms in total. The highest BCUT2D eigenvalue weighted by Gasteiger charge is 2.19. The van der Waals surface area contributed by atoms with E-state index in [1.807, 2.05) is 0 Å². The van der Waals surface area contributed by atoms with Crippen LogP contribution in [0.3, 0.4) is 0 Å². The molecular formula is C14H20N2O. The van der Waals surface area contributed by atoms with Crippen molar-refractivity contribution in [2.75, 3.05) is 37.0 Å². The molecule has 1 aromatic rings. The lowest BCUT2D eigenvalue weighted by atomic mass is 10.0. The van der Waals surface area contributed by atoms with E-state index < -0.39 is 0 Å². The zero-order chi connectivity index (χ0) is 11.7. The maximum atomic E-state index is 5.55. The Kier molecular flexibility index (Phi) is 2.83. The SMILES string of the molecule is COc1cc2c(cc1N1CCCC1)NCCC2. The molecular weight excluding hydrogens is 212 g/mol. The number of hydrogen-bond donors (Lipinski definition) is 1. The van der Waals surface area contributed by atoms with E-state index in [1.165, 1.54) is 42.6 Å². The van der Waals surface area contributed by atoms with E-state index in [2.05, 4.69) is 22.3 Å². The van der Waals surface area contributed by atoms with Gasteiger partial charge >= 0.3 is 0 Å². The maximum Gasteiger partial charge on any atom is 0.142 e. The van der Waals surface area contributed by atoms with Gasteiger partial charge in [-0.15, -0.1) is 0 Å². The highest BCUT2D eigenvalue weighted by molar-refractivity contribution is 5.70. The van der Waals surface area contributed by atoms with Crippen molar-refractivity contribution in [3.05, 3.63) is 17.7 Å². The normalized spacial score (nSPS) is 18.8. The second-order valence-corrected chi connectivity index (χ2v) is 4.91. The van der Waals surface area contributed by atoms with E-state index in [0.717, 1.165) is 25.4 Å². The summed E-state index contributed by atoms with van der Waals surface area (Å²) in [6, 6.07) is 4.49. The van der Waals surface area contributed by atoms with Gasteiger partial charge in [0, 0.05) is 25.3 Å². The predicted octanol–water partition coefficient (Wildman–Crippen LogP) is 2.65. The first kappa shape index (κ1) is 10.8. The van der Waals surface area contributed by atoms with Crippen molar-refractivity contribution in [2.45, 2.75) is 25.7 Å². The lowest BCUT2D eigenvalue weighted by molar-refractivity contribution is 0.414. The van der Waals surface area contributed by atoms with Gasteiger partial charge in [-0.3, -0.25) is 0 Å². The molecule has 2 aliphatic heterocycles. The standard InChI is InChI=1S/C14H20N2O/c1-17-14-9-11-5-4-6-15-12(11)10-13(14)16-7-2-3-8-16/h9-10,15H,2-8H2,1H3. The van der Waals surface area contributed by atoms with Gasteiger partial charge in [0.25, 0.3) is 0 Å². The van der Waals surface area contributed by atoms with Crippen molar-refractivity contribution in [3.63, 3.8) is 0 Å². The minimum Gasteiger partial charge on any atom is -0.495 e. The molecule has 1 N–H and O–H groups in total. The first-order valence-electron chi connectivity index (χ1n) is 6.58. The summed E-state index contributed by atoms with van der Waals surface area (Å²) in [7, 11) is 1.78. The van der Waals surface area contributed by atoms with Gasteiger partial charge in [-0.1, -0.05) is 0 Å². The van der Waals surface area contributed by atoms with Crippen LogP contribution in [0, 0.1) is 0 Å². The molecule has 17 heavy (non-hydrogen) atoms. The smallest absolute Gasteiger partial charge is 0.142 e. The van der Waals surface area contributed by atoms with E-state index >= 15 is 0 Å². The van der Waals surface area contributed by atoms with E-state index in [9.17, 15) is 0 Å². The molecule has 1 saturated heterocycles. The number of methoxy groups -OCH3 is 1. The zero-order valence-electron chi connectivity index (χ0n) is 10.5. The number of anilines is 2. The molecule has 0 bridgehead atoms. The van der Waals surface area contributed by atoms with Crippen molar-refractivity contribution in [3.8, 4) is 5.75 Å². The minimum absolute atomic E-state index is 1.04. The number of hydrogen-bond acceptors (Lipinski definition) is 3. The second kappa shape index (κ2) is 4.47. The fourth-order valence-corrected chi connectivity index (χ4v) is 2.85. The quantitative estimate of drug-likeness (QED) is 0.848. The molecule has 0 radical (unpaired) electrons. The highest BCUT2D eigenvalue weighted by atomic mass is 16.5. The highest BCUT2D eigenvalue weighted by Crippen LogP contribution is 2.37. The first-order valence-corrected chi connectivity index (χ1v) is 6.58. The molecule has 0 amide bonds. The summed E-state index contributed by atoms with van der Waals surface area (Å²) in [6.07, 6.45) is 4.99. The van der Waals surface area contributed by atoms with Crippen molar-refractivity contribution in [2.24, 2.45) is 0 Å². The number of ether oxygens (including phenoxy) is 1. The molecule has 2 heterocycles. The molecule has 3 rings (SSSR count). The Morgan fingerprint density at radius 2 is 2.00 bits per heavy atom. The van der Waals surface area contributed by atoms with Crippen LogP contribution in [-0.4, -0.2) is 26.7 Å². The van der Waals surface area contributed by atoms with Crippen molar-refractivity contribution >= 4 is 11.4 Å². The average molecular weight is 232 g/mol. The van der Waals surface area contributed by atoms with E-state index in [0.29, 0.717) is 0 Å². The predicted molar refractivity (Wildman–Crippen MR) is 71.3 cm³/mol. The van der Waals surface area contributed by atoms with Gasteiger partial charge in [0.1, 0.15) is 5.75 Å². The molecule has 1 fully saturated rings. The topological polar surface area (TPSA) is 24.5 Å². The van der Waals surface area contributed by atoms with Gasteiger partial charge < -0.3 is 15.0 Å². The van der Waals surface area contributed by atoms with Crippen LogP contribution in [0.15, 0.2) is 12.1 Å². The summed E-state index contributed by atoms with van der Waals surface area (Å²) < 4.78 is 5.55. The van der Waals surface area contributed by atoms with Gasteiger partial charge in [-0.05, 0) is 43.4 Å². The van der Waals surface area contributed by atoms with Crippen LogP contribution >= 0.6 is 0 Å². The van der Waals surface area contributed by atoms with Gasteiger partial charge in [0.05, 0.1) is 12.8 Å². The molecule has 0 aliphatic carbocycles. The fraction of sp³-hybridized carbons (Fsp3) is 0.571. The fourth-order valence-electron chi connectivity index (χ4n) is 2.85. The van der Waals surface area contributed by atoms with E-state index in [4.69, 9.17) is 4.74 Å². The van der Waals surface area contributed by atoms with Gasteiger partial charge in [0.15, 0.2) is 0 Å². The second-order valence-electron chi connectivity index (χ2n) is 4.91. The van der Waals surface area contributed by atoms with Gasteiger partial charge in [-0.25, -0.2) is 0 Å². The molecule has 0 unspecified atom stereocenters. The number of fused-ring (bicyclic) bond motifs is 1. The lowest BCUT2D eigenvalue weighted by Crippen LogP contribution is -2.20. The molecule has 0 aromatic heterocycles. The van der Waals surface area contributed by atoms with Crippen molar-refractivity contribution in [1.82, 2.24) is 0 Å². The summed E-state index contributed by atoms with van der Waals surface area (Å²) in [6.45, 7) is 3.42. The molecule has 2 aliphatic rings. The average Bonchev–Trinajstić information content (AvgIpc) is 2.91. The summed E-state index contributed by atoms with van der Waals surface area (Å²) in [5.74, 6) is 1.04. The maximum absolute atomic E-state index is 5.55. The van der Waals surface area contributed by atoms with Crippen LogP contribution in [0.2, 0.25) is 0 Å². The molecule has 0 atom stereocenters. The Morgan fingerprint density at radius 1 is 1.18 bits per heavy atom. The van der Waals surface area contributed by atoms with Crippen molar-refractivity contribution < 1.29 is 4.74 Å². The Morgan fingerprint density at radius 3 is 2.76 bits per heavy atom. The van der Waals surface area contributed by atoms with E-state index in [-0.39, 0.29) is 0 Å². The Hall–Kier alpha value is -1.38. The summed E-state index contributed by atoms with van der Waals surface area (Å²) in [4.78, 5) is 2.44. The molecule has 92 valence electrons. The summed E-state index contributed by atoms with van der Waals surface area (Å²) >= 11 is 0. The minimum atomic E-state index is 1.04. The third-order valence-electron chi connectivity index (χ3n) is 3.79. The first-order chi connectivity index (χ1) is 8.38. The van der Waals surface area contributed by atoms with Crippen LogP contribution < -0.4 is 15.0 Å². The van der Waals surface area contributed by atoms with Crippen LogP contribution in [0.5, 0.6) is 5.75 Å². The molecule has 0 spiro atoms. The van der Waals surface area contributed by atoms with Gasteiger partial charge in [0.2, 0.25) is 0 Å². The van der Waals surface area contributed by atoms with Crippen LogP contribution in [0.4, 0.5) is 11.4 Å². The Balaban J connectivity index is 2.00. The third-order valence-corrected chi connectivity index (χ3v) is 3.79. The molecule has 0 saturated carbocycles. The zero-order valence-corrected chi connectivity index (χ0v) is 10.5. The van der Waals surface area contributed by atoms with Crippen molar-refractivity contribution in [1.29, 1.82) is 0 Å².